The number of aromatic nitrogens is 1. The zero-order valence-electron chi connectivity index (χ0n) is 9.27. The Morgan fingerprint density at radius 3 is 2.82 bits per heavy atom. The number of rotatable bonds is 4. The summed E-state index contributed by atoms with van der Waals surface area (Å²) in [5.74, 6) is 0.716. The Morgan fingerprint density at radius 2 is 2.12 bits per heavy atom. The van der Waals surface area contributed by atoms with Gasteiger partial charge in [-0.2, -0.15) is 0 Å². The molecular weight excluding hydrogens is 219 g/mol. The lowest BCUT2D eigenvalue weighted by molar-refractivity contribution is 0.473. The van der Waals surface area contributed by atoms with E-state index in [0.29, 0.717) is 24.5 Å². The second kappa shape index (κ2) is 5.41. The number of pyridine rings is 1. The zero-order valence-corrected chi connectivity index (χ0v) is 9.27. The van der Waals surface area contributed by atoms with E-state index in [9.17, 15) is 4.39 Å². The van der Waals surface area contributed by atoms with Gasteiger partial charge in [-0.25, -0.2) is 4.39 Å². The minimum Gasteiger partial charge on any atom is -0.456 e. The molecule has 0 radical (unpaired) electrons. The fourth-order valence-electron chi connectivity index (χ4n) is 1.53. The molecule has 4 heteroatoms. The second-order valence-corrected chi connectivity index (χ2v) is 3.62. The highest BCUT2D eigenvalue weighted by Crippen LogP contribution is 2.22. The number of benzene rings is 1. The molecule has 3 nitrogen and oxygen atoms in total. The van der Waals surface area contributed by atoms with Crippen molar-refractivity contribution in [1.82, 2.24) is 4.98 Å². The first-order chi connectivity index (χ1) is 8.28. The van der Waals surface area contributed by atoms with E-state index in [-0.39, 0.29) is 5.82 Å². The van der Waals surface area contributed by atoms with Crippen LogP contribution >= 0.6 is 0 Å². The molecule has 0 fully saturated rings. The van der Waals surface area contributed by atoms with Crippen molar-refractivity contribution in [2.24, 2.45) is 5.73 Å². The summed E-state index contributed by atoms with van der Waals surface area (Å²) in [7, 11) is 0. The predicted octanol–water partition coefficient (Wildman–Crippen LogP) is 2.51. The largest absolute Gasteiger partial charge is 0.456 e. The Hall–Kier alpha value is -1.94. The minimum absolute atomic E-state index is 0.324. The minimum atomic E-state index is -0.324. The van der Waals surface area contributed by atoms with Crippen molar-refractivity contribution in [3.8, 4) is 11.5 Å². The standard InChI is InChI=1S/C13H13FN2O/c14-11-6-10(3-4-15)7-13(8-11)17-12-2-1-5-16-9-12/h1-2,5-9H,3-4,15H2. The Morgan fingerprint density at radius 1 is 1.24 bits per heavy atom. The van der Waals surface area contributed by atoms with Crippen LogP contribution in [0.5, 0.6) is 11.5 Å². The van der Waals surface area contributed by atoms with Gasteiger partial charge in [-0.05, 0) is 42.8 Å². The van der Waals surface area contributed by atoms with Gasteiger partial charge in [-0.1, -0.05) is 0 Å². The van der Waals surface area contributed by atoms with Gasteiger partial charge in [0.15, 0.2) is 0 Å². The number of nitrogens with two attached hydrogens (primary N) is 1. The molecule has 0 spiro atoms. The van der Waals surface area contributed by atoms with Crippen LogP contribution in [0.1, 0.15) is 5.56 Å². The molecule has 2 aromatic rings. The first-order valence-electron chi connectivity index (χ1n) is 5.35. The smallest absolute Gasteiger partial charge is 0.145 e. The maximum absolute atomic E-state index is 13.3. The molecule has 88 valence electrons. The molecule has 1 aromatic carbocycles. The van der Waals surface area contributed by atoms with Gasteiger partial charge >= 0.3 is 0 Å². The molecule has 0 saturated heterocycles. The van der Waals surface area contributed by atoms with Crippen LogP contribution in [0.3, 0.4) is 0 Å². The van der Waals surface area contributed by atoms with Gasteiger partial charge in [0.05, 0.1) is 6.20 Å². The third kappa shape index (κ3) is 3.26. The topological polar surface area (TPSA) is 48.1 Å². The van der Waals surface area contributed by atoms with Crippen LogP contribution in [0.25, 0.3) is 0 Å². The number of hydrogen-bond acceptors (Lipinski definition) is 3. The highest BCUT2D eigenvalue weighted by molar-refractivity contribution is 5.33. The van der Waals surface area contributed by atoms with Crippen molar-refractivity contribution in [3.63, 3.8) is 0 Å². The van der Waals surface area contributed by atoms with E-state index in [0.717, 1.165) is 5.56 Å². The summed E-state index contributed by atoms with van der Waals surface area (Å²) in [4.78, 5) is 3.92. The van der Waals surface area contributed by atoms with E-state index < -0.39 is 0 Å². The molecule has 0 bridgehead atoms. The third-order valence-corrected chi connectivity index (χ3v) is 2.23. The molecule has 0 atom stereocenters. The van der Waals surface area contributed by atoms with Gasteiger partial charge in [0.25, 0.3) is 0 Å². The number of nitrogens with zero attached hydrogens (tertiary/aromatic N) is 1. The van der Waals surface area contributed by atoms with Gasteiger partial charge in [0.1, 0.15) is 17.3 Å². The molecule has 0 aliphatic heterocycles. The van der Waals surface area contributed by atoms with Gasteiger partial charge in [0, 0.05) is 12.3 Å². The number of ether oxygens (including phenoxy) is 1. The molecule has 2 N–H and O–H groups in total. The molecule has 0 aliphatic carbocycles. The van der Waals surface area contributed by atoms with Crippen LogP contribution in [0.4, 0.5) is 4.39 Å². The molecular formula is C13H13FN2O. The molecule has 0 saturated carbocycles. The van der Waals surface area contributed by atoms with Gasteiger partial charge in [0.2, 0.25) is 0 Å². The summed E-state index contributed by atoms with van der Waals surface area (Å²) in [6.07, 6.45) is 3.85. The summed E-state index contributed by atoms with van der Waals surface area (Å²) in [6, 6.07) is 8.11. The molecule has 2 rings (SSSR count). The van der Waals surface area contributed by atoms with Crippen LogP contribution in [-0.2, 0) is 6.42 Å². The quantitative estimate of drug-likeness (QED) is 0.881. The van der Waals surface area contributed by atoms with Gasteiger partial charge in [-0.3, -0.25) is 4.98 Å². The first-order valence-corrected chi connectivity index (χ1v) is 5.35. The Labute approximate surface area is 99.1 Å². The molecule has 0 unspecified atom stereocenters. The first kappa shape index (κ1) is 11.5. The van der Waals surface area contributed by atoms with Crippen molar-refractivity contribution in [1.29, 1.82) is 0 Å². The van der Waals surface area contributed by atoms with Crippen molar-refractivity contribution in [3.05, 3.63) is 54.1 Å². The Balaban J connectivity index is 2.21. The van der Waals surface area contributed by atoms with E-state index in [1.165, 1.54) is 12.1 Å². The monoisotopic (exact) mass is 232 g/mol. The number of hydrogen-bond donors (Lipinski definition) is 1. The average molecular weight is 232 g/mol. The average Bonchev–Trinajstić information content (AvgIpc) is 2.30. The molecule has 17 heavy (non-hydrogen) atoms. The summed E-state index contributed by atoms with van der Waals surface area (Å²) in [6.45, 7) is 0.482. The van der Waals surface area contributed by atoms with E-state index in [4.69, 9.17) is 10.5 Å². The molecule has 0 aliphatic rings. The summed E-state index contributed by atoms with van der Waals surface area (Å²) >= 11 is 0. The van der Waals surface area contributed by atoms with E-state index in [1.807, 2.05) is 0 Å². The fourth-order valence-corrected chi connectivity index (χ4v) is 1.53. The normalized spacial score (nSPS) is 10.2. The summed E-state index contributed by atoms with van der Waals surface area (Å²) < 4.78 is 18.8. The van der Waals surface area contributed by atoms with E-state index in [1.54, 1.807) is 30.6 Å². The van der Waals surface area contributed by atoms with Gasteiger partial charge < -0.3 is 10.5 Å². The molecule has 0 amide bonds. The van der Waals surface area contributed by atoms with Crippen molar-refractivity contribution in [2.75, 3.05) is 6.54 Å². The van der Waals surface area contributed by atoms with Crippen LogP contribution in [0.15, 0.2) is 42.7 Å². The van der Waals surface area contributed by atoms with Crippen molar-refractivity contribution >= 4 is 0 Å². The highest BCUT2D eigenvalue weighted by Gasteiger charge is 2.03. The second-order valence-electron chi connectivity index (χ2n) is 3.62. The van der Waals surface area contributed by atoms with Crippen LogP contribution < -0.4 is 10.5 Å². The lowest BCUT2D eigenvalue weighted by Crippen LogP contribution is -2.03. The van der Waals surface area contributed by atoms with E-state index >= 15 is 0 Å². The fraction of sp³-hybridized carbons (Fsp3) is 0.154. The summed E-state index contributed by atoms with van der Waals surface area (Å²) in [5, 5.41) is 0. The molecule has 1 aromatic heterocycles. The van der Waals surface area contributed by atoms with Gasteiger partial charge in [-0.15, -0.1) is 0 Å². The zero-order chi connectivity index (χ0) is 12.1. The van der Waals surface area contributed by atoms with Crippen LogP contribution in [-0.4, -0.2) is 11.5 Å². The third-order valence-electron chi connectivity index (χ3n) is 2.23. The summed E-state index contributed by atoms with van der Waals surface area (Å²) in [5.41, 5.74) is 6.27. The van der Waals surface area contributed by atoms with E-state index in [2.05, 4.69) is 4.98 Å². The Kier molecular flexibility index (Phi) is 3.67. The maximum atomic E-state index is 13.3. The predicted molar refractivity (Wildman–Crippen MR) is 63.5 cm³/mol. The van der Waals surface area contributed by atoms with Crippen LogP contribution in [0, 0.1) is 5.82 Å². The highest BCUT2D eigenvalue weighted by atomic mass is 19.1. The lowest BCUT2D eigenvalue weighted by Gasteiger charge is -2.07. The lowest BCUT2D eigenvalue weighted by atomic mass is 10.1. The SMILES string of the molecule is NCCc1cc(F)cc(Oc2cccnc2)c1. The van der Waals surface area contributed by atoms with Crippen molar-refractivity contribution < 1.29 is 9.13 Å². The number of halogens is 1. The maximum Gasteiger partial charge on any atom is 0.145 e. The Bertz CT molecular complexity index is 488. The van der Waals surface area contributed by atoms with Crippen LogP contribution in [0.2, 0.25) is 0 Å². The van der Waals surface area contributed by atoms with Crippen molar-refractivity contribution in [2.45, 2.75) is 6.42 Å². The molecule has 1 heterocycles.